The summed E-state index contributed by atoms with van der Waals surface area (Å²) in [6, 6.07) is 18.1. The fourth-order valence-corrected chi connectivity index (χ4v) is 5.75. The van der Waals surface area contributed by atoms with E-state index in [0.29, 0.717) is 24.2 Å². The number of aliphatic hydroxyl groups excluding tert-OH is 1. The maximum Gasteiger partial charge on any atom is 0.407 e. The smallest absolute Gasteiger partial charge is 0.407 e. The Bertz CT molecular complexity index is 1600. The molecule has 3 aromatic carbocycles. The number of carbonyl (C=O) groups excluding carboxylic acids is 1. The van der Waals surface area contributed by atoms with Crippen molar-refractivity contribution in [2.45, 2.75) is 57.2 Å². The number of ether oxygens (including phenoxy) is 1. The van der Waals surface area contributed by atoms with Crippen molar-refractivity contribution in [2.75, 3.05) is 19.3 Å². The Morgan fingerprint density at radius 3 is 2.27 bits per heavy atom. The van der Waals surface area contributed by atoms with Gasteiger partial charge in [-0.3, -0.25) is 14.9 Å². The summed E-state index contributed by atoms with van der Waals surface area (Å²) in [4.78, 5) is 36.0. The maximum absolute atomic E-state index is 12.7. The molecule has 1 fully saturated rings. The number of rotatable bonds is 13. The normalized spacial score (nSPS) is 14.4. The number of sulfonamides is 1. The predicted octanol–water partition coefficient (Wildman–Crippen LogP) is 5.31. The van der Waals surface area contributed by atoms with E-state index in [1.54, 1.807) is 18.2 Å². The second kappa shape index (κ2) is 15.0. The SMILES string of the molecule is CS(=O)(=O)NC(=O)c1ccc(-c2ccc(CCCN(C[C@H](O)c3ccc([N+](=O)[O-])cc3)C(=O)O)cc2)cc1OC1CCCCC1. The molecule has 0 saturated heterocycles. The fourth-order valence-electron chi connectivity index (χ4n) is 5.31. The van der Waals surface area contributed by atoms with Crippen LogP contribution in [0.1, 0.15) is 66.1 Å². The number of nitro groups is 1. The van der Waals surface area contributed by atoms with Crippen LogP contribution < -0.4 is 9.46 Å². The zero-order valence-corrected chi connectivity index (χ0v) is 25.7. The summed E-state index contributed by atoms with van der Waals surface area (Å²) in [5.41, 5.74) is 3.05. The van der Waals surface area contributed by atoms with Crippen LogP contribution in [0.25, 0.3) is 11.1 Å². The molecular weight excluding hydrogens is 602 g/mol. The molecule has 3 N–H and O–H groups in total. The number of nitrogens with one attached hydrogen (secondary N) is 1. The highest BCUT2D eigenvalue weighted by Gasteiger charge is 2.22. The van der Waals surface area contributed by atoms with Gasteiger partial charge in [0.25, 0.3) is 11.6 Å². The Morgan fingerprint density at radius 1 is 1.02 bits per heavy atom. The average Bonchev–Trinajstić information content (AvgIpc) is 3.00. The van der Waals surface area contributed by atoms with E-state index in [1.165, 1.54) is 24.3 Å². The number of amides is 2. The highest BCUT2D eigenvalue weighted by atomic mass is 32.2. The molecule has 0 spiro atoms. The van der Waals surface area contributed by atoms with Gasteiger partial charge >= 0.3 is 6.09 Å². The first-order chi connectivity index (χ1) is 21.4. The minimum absolute atomic E-state index is 0.0539. The van der Waals surface area contributed by atoms with Crippen LogP contribution in [0.5, 0.6) is 5.75 Å². The van der Waals surface area contributed by atoms with Crippen molar-refractivity contribution in [3.63, 3.8) is 0 Å². The van der Waals surface area contributed by atoms with Crippen molar-refractivity contribution in [3.8, 4) is 16.9 Å². The van der Waals surface area contributed by atoms with Gasteiger partial charge in [-0.1, -0.05) is 36.8 Å². The molecule has 0 aromatic heterocycles. The monoisotopic (exact) mass is 639 g/mol. The van der Waals surface area contributed by atoms with E-state index in [1.807, 2.05) is 29.0 Å². The van der Waals surface area contributed by atoms with Gasteiger partial charge in [-0.25, -0.2) is 17.9 Å². The van der Waals surface area contributed by atoms with Crippen molar-refractivity contribution in [2.24, 2.45) is 0 Å². The summed E-state index contributed by atoms with van der Waals surface area (Å²) in [5, 5.41) is 31.0. The number of carboxylic acid groups (broad SMARTS) is 1. The minimum atomic E-state index is -3.75. The molecule has 0 unspecified atom stereocenters. The summed E-state index contributed by atoms with van der Waals surface area (Å²) < 4.78 is 31.6. The van der Waals surface area contributed by atoms with Crippen LogP contribution in [0.15, 0.2) is 66.7 Å². The molecule has 0 aliphatic heterocycles. The number of carbonyl (C=O) groups is 2. The lowest BCUT2D eigenvalue weighted by molar-refractivity contribution is -0.384. The van der Waals surface area contributed by atoms with Gasteiger partial charge in [-0.2, -0.15) is 0 Å². The second-order valence-electron chi connectivity index (χ2n) is 11.2. The van der Waals surface area contributed by atoms with Gasteiger partial charge in [0, 0.05) is 18.7 Å². The van der Waals surface area contributed by atoms with Crippen LogP contribution in [-0.2, 0) is 16.4 Å². The number of nitro benzene ring substituents is 1. The van der Waals surface area contributed by atoms with E-state index >= 15 is 0 Å². The third-order valence-corrected chi connectivity index (χ3v) is 8.24. The van der Waals surface area contributed by atoms with E-state index in [9.17, 15) is 38.3 Å². The molecule has 0 radical (unpaired) electrons. The average molecular weight is 640 g/mol. The van der Waals surface area contributed by atoms with Crippen molar-refractivity contribution >= 4 is 27.7 Å². The number of non-ortho nitro benzene ring substituents is 1. The molecular formula is C32H37N3O9S. The fraction of sp³-hybridized carbons (Fsp3) is 0.375. The number of benzene rings is 3. The van der Waals surface area contributed by atoms with Gasteiger partial charge < -0.3 is 19.8 Å². The van der Waals surface area contributed by atoms with Crippen LogP contribution in [0.3, 0.4) is 0 Å². The summed E-state index contributed by atoms with van der Waals surface area (Å²) in [6.07, 6.45) is 4.57. The van der Waals surface area contributed by atoms with Crippen molar-refractivity contribution in [1.82, 2.24) is 9.62 Å². The first-order valence-corrected chi connectivity index (χ1v) is 16.6. The van der Waals surface area contributed by atoms with Crippen LogP contribution >= 0.6 is 0 Å². The molecule has 1 atom stereocenters. The van der Waals surface area contributed by atoms with E-state index in [0.717, 1.165) is 60.0 Å². The topological polar surface area (TPSA) is 176 Å². The lowest BCUT2D eigenvalue weighted by Crippen LogP contribution is -2.34. The lowest BCUT2D eigenvalue weighted by Gasteiger charge is -2.24. The molecule has 1 saturated carbocycles. The molecule has 45 heavy (non-hydrogen) atoms. The summed E-state index contributed by atoms with van der Waals surface area (Å²) in [7, 11) is -3.75. The number of hydrogen-bond donors (Lipinski definition) is 3. The zero-order valence-electron chi connectivity index (χ0n) is 24.9. The van der Waals surface area contributed by atoms with Gasteiger partial charge in [0.1, 0.15) is 5.75 Å². The maximum atomic E-state index is 12.7. The number of nitrogens with zero attached hydrogens (tertiary/aromatic N) is 2. The molecule has 2 amide bonds. The largest absolute Gasteiger partial charge is 0.490 e. The van der Waals surface area contributed by atoms with E-state index < -0.39 is 33.1 Å². The number of aliphatic hydroxyl groups is 1. The molecule has 240 valence electrons. The molecule has 0 bridgehead atoms. The molecule has 3 aromatic rings. The van der Waals surface area contributed by atoms with Crippen molar-refractivity contribution in [1.29, 1.82) is 0 Å². The molecule has 13 heteroatoms. The standard InChI is InChI=1S/C32H37N3O9S/c1-45(42,43)33-31(37)28-18-15-25(20-30(28)44-27-7-3-2-4-8-27)23-11-9-22(10-12-23)6-5-19-34(32(38)39)21-29(36)24-13-16-26(17-14-24)35(40)41/h9-18,20,27,29,36H,2-8,19,21H2,1H3,(H,33,37)(H,38,39)/t29-/m0/s1. The first kappa shape index (κ1) is 33.4. The van der Waals surface area contributed by atoms with Gasteiger partial charge in [0.2, 0.25) is 10.0 Å². The van der Waals surface area contributed by atoms with E-state index in [-0.39, 0.29) is 30.4 Å². The Labute approximate surface area is 261 Å². The minimum Gasteiger partial charge on any atom is -0.490 e. The Morgan fingerprint density at radius 2 is 1.67 bits per heavy atom. The van der Waals surface area contributed by atoms with Crippen molar-refractivity contribution < 1.29 is 37.9 Å². The summed E-state index contributed by atoms with van der Waals surface area (Å²) >= 11 is 0. The van der Waals surface area contributed by atoms with E-state index in [4.69, 9.17) is 4.74 Å². The third kappa shape index (κ3) is 9.75. The molecule has 1 aliphatic carbocycles. The Kier molecular flexibility index (Phi) is 11.1. The molecule has 4 rings (SSSR count). The zero-order chi connectivity index (χ0) is 32.6. The quantitative estimate of drug-likeness (QED) is 0.165. The summed E-state index contributed by atoms with van der Waals surface area (Å²) in [5.74, 6) is -0.421. The van der Waals surface area contributed by atoms with Gasteiger partial charge in [-0.05, 0) is 85.0 Å². The van der Waals surface area contributed by atoms with Crippen LogP contribution in [0.4, 0.5) is 10.5 Å². The molecule has 0 heterocycles. The highest BCUT2D eigenvalue weighted by Crippen LogP contribution is 2.31. The van der Waals surface area contributed by atoms with Crippen LogP contribution in [0.2, 0.25) is 0 Å². The second-order valence-corrected chi connectivity index (χ2v) is 12.9. The molecule has 1 aliphatic rings. The van der Waals surface area contributed by atoms with Crippen molar-refractivity contribution in [3.05, 3.63) is 93.5 Å². The number of aryl methyl sites for hydroxylation is 1. The Balaban J connectivity index is 1.40. The highest BCUT2D eigenvalue weighted by molar-refractivity contribution is 7.89. The van der Waals surface area contributed by atoms with Crippen LogP contribution in [0, 0.1) is 10.1 Å². The Hall–Kier alpha value is -4.49. The third-order valence-electron chi connectivity index (χ3n) is 7.68. The van der Waals surface area contributed by atoms with Gasteiger partial charge in [0.05, 0.1) is 35.5 Å². The van der Waals surface area contributed by atoms with Crippen LogP contribution in [-0.4, -0.2) is 65.9 Å². The first-order valence-electron chi connectivity index (χ1n) is 14.7. The number of hydrogen-bond acceptors (Lipinski definition) is 8. The van der Waals surface area contributed by atoms with Gasteiger partial charge in [-0.15, -0.1) is 0 Å². The van der Waals surface area contributed by atoms with E-state index in [2.05, 4.69) is 0 Å². The predicted molar refractivity (Wildman–Crippen MR) is 168 cm³/mol. The lowest BCUT2D eigenvalue weighted by atomic mass is 9.97. The van der Waals surface area contributed by atoms with Gasteiger partial charge in [0.15, 0.2) is 0 Å². The summed E-state index contributed by atoms with van der Waals surface area (Å²) in [6.45, 7) is 0.00947. The molecule has 12 nitrogen and oxygen atoms in total.